The van der Waals surface area contributed by atoms with Crippen LogP contribution in [0.15, 0.2) is 0 Å². The zero-order valence-electron chi connectivity index (χ0n) is 12.0. The van der Waals surface area contributed by atoms with Crippen molar-refractivity contribution in [1.82, 2.24) is 9.80 Å². The molecule has 0 saturated carbocycles. The van der Waals surface area contributed by atoms with Crippen molar-refractivity contribution in [1.29, 1.82) is 0 Å². The van der Waals surface area contributed by atoms with Gasteiger partial charge in [0.1, 0.15) is 5.60 Å². The van der Waals surface area contributed by atoms with Gasteiger partial charge in [-0.1, -0.05) is 0 Å². The van der Waals surface area contributed by atoms with Crippen molar-refractivity contribution in [2.24, 2.45) is 0 Å². The average molecular weight is 282 g/mol. The Bertz CT molecular complexity index is 511. The zero-order valence-corrected chi connectivity index (χ0v) is 12.0. The molecule has 0 radical (unpaired) electrons. The van der Waals surface area contributed by atoms with E-state index in [9.17, 15) is 14.4 Å². The quantitative estimate of drug-likeness (QED) is 0.386. The van der Waals surface area contributed by atoms with Crippen molar-refractivity contribution in [2.75, 3.05) is 13.7 Å². The molecule has 0 aromatic rings. The smallest absolute Gasteiger partial charge is 0.331 e. The van der Waals surface area contributed by atoms with Gasteiger partial charge in [0.2, 0.25) is 5.91 Å². The Morgan fingerprint density at radius 3 is 2.50 bits per heavy atom. The number of fused-ring (bicyclic) bond motifs is 3. The number of carbonyl (C=O) groups is 3. The summed E-state index contributed by atoms with van der Waals surface area (Å²) >= 11 is 0. The number of nitrogens with zero attached hydrogens (tertiary/aromatic N) is 2. The number of carbonyl (C=O) groups excluding carboxylic acids is 3. The summed E-state index contributed by atoms with van der Waals surface area (Å²) in [7, 11) is 1.26. The van der Waals surface area contributed by atoms with Gasteiger partial charge in [-0.15, -0.1) is 0 Å². The van der Waals surface area contributed by atoms with E-state index in [1.165, 1.54) is 12.0 Å². The molecule has 3 rings (SSSR count). The van der Waals surface area contributed by atoms with Crippen molar-refractivity contribution >= 4 is 17.8 Å². The number of ether oxygens (including phenoxy) is 2. The number of methoxy groups -OCH3 is 1. The highest BCUT2D eigenvalue weighted by Crippen LogP contribution is 2.54. The van der Waals surface area contributed by atoms with Crippen molar-refractivity contribution in [3.05, 3.63) is 0 Å². The Morgan fingerprint density at radius 2 is 2.00 bits per heavy atom. The fraction of sp³-hybridized carbons (Fsp3) is 0.769. The molecule has 3 aliphatic heterocycles. The molecule has 7 heteroatoms. The summed E-state index contributed by atoms with van der Waals surface area (Å²) in [5, 5.41) is 0. The molecule has 3 fully saturated rings. The first-order valence-electron chi connectivity index (χ1n) is 6.61. The molecule has 4 atom stereocenters. The number of esters is 2. The average Bonchev–Trinajstić information content (AvgIpc) is 3.00. The number of amides is 1. The van der Waals surface area contributed by atoms with Gasteiger partial charge in [-0.25, -0.2) is 9.59 Å². The van der Waals surface area contributed by atoms with Crippen molar-refractivity contribution < 1.29 is 23.9 Å². The summed E-state index contributed by atoms with van der Waals surface area (Å²) in [5.41, 5.74) is -1.68. The second-order valence-electron chi connectivity index (χ2n) is 6.47. The molecule has 20 heavy (non-hydrogen) atoms. The van der Waals surface area contributed by atoms with Gasteiger partial charge in [0, 0.05) is 6.54 Å². The predicted molar refractivity (Wildman–Crippen MR) is 66.3 cm³/mol. The summed E-state index contributed by atoms with van der Waals surface area (Å²) in [5.74, 6) is -1.14. The second kappa shape index (κ2) is 3.72. The maximum atomic E-state index is 12.5. The van der Waals surface area contributed by atoms with Gasteiger partial charge in [-0.05, 0) is 20.8 Å². The molecule has 110 valence electrons. The van der Waals surface area contributed by atoms with E-state index < -0.39 is 29.1 Å². The third-order valence-electron chi connectivity index (χ3n) is 4.05. The molecule has 0 aliphatic carbocycles. The molecule has 2 unspecified atom stereocenters. The number of hydrogen-bond acceptors (Lipinski definition) is 6. The van der Waals surface area contributed by atoms with Gasteiger partial charge in [0.15, 0.2) is 11.6 Å². The third-order valence-corrected chi connectivity index (χ3v) is 4.05. The van der Waals surface area contributed by atoms with Gasteiger partial charge in [-0.2, -0.15) is 0 Å². The lowest BCUT2D eigenvalue weighted by atomic mass is 9.96. The number of β-lactam (4-membered cyclic amide) rings is 1. The standard InChI is InChI=1S/C13H18N2O5/c1-12(2,3)20-11(18)13-6-14(13)7-5-8(16)15(7)9(13)10(17)19-4/h7,9H,5-6H2,1-4H3/t7-,9-,13?,14?/m0/s1. The lowest BCUT2D eigenvalue weighted by Crippen LogP contribution is -2.61. The summed E-state index contributed by atoms with van der Waals surface area (Å²) < 4.78 is 10.2. The van der Waals surface area contributed by atoms with E-state index in [1.54, 1.807) is 20.8 Å². The van der Waals surface area contributed by atoms with E-state index in [0.717, 1.165) is 0 Å². The van der Waals surface area contributed by atoms with E-state index in [0.29, 0.717) is 13.0 Å². The first-order chi connectivity index (χ1) is 9.22. The minimum atomic E-state index is -1.04. The van der Waals surface area contributed by atoms with Gasteiger partial charge < -0.3 is 14.4 Å². The monoisotopic (exact) mass is 282 g/mol. The van der Waals surface area contributed by atoms with E-state index in [4.69, 9.17) is 9.47 Å². The van der Waals surface area contributed by atoms with Crippen molar-refractivity contribution in [2.45, 2.75) is 50.5 Å². The lowest BCUT2D eigenvalue weighted by Gasteiger charge is -2.39. The highest BCUT2D eigenvalue weighted by atomic mass is 16.6. The Hall–Kier alpha value is -1.63. The summed E-state index contributed by atoms with van der Waals surface area (Å²) in [4.78, 5) is 39.5. The van der Waals surface area contributed by atoms with E-state index in [1.807, 2.05) is 4.90 Å². The fourth-order valence-electron chi connectivity index (χ4n) is 3.14. The van der Waals surface area contributed by atoms with E-state index in [2.05, 4.69) is 0 Å². The minimum Gasteiger partial charge on any atom is -0.467 e. The Morgan fingerprint density at radius 1 is 1.35 bits per heavy atom. The van der Waals surface area contributed by atoms with Crippen molar-refractivity contribution in [3.63, 3.8) is 0 Å². The van der Waals surface area contributed by atoms with E-state index >= 15 is 0 Å². The normalized spacial score (nSPS) is 37.7. The molecule has 3 saturated heterocycles. The lowest BCUT2D eigenvalue weighted by molar-refractivity contribution is -0.168. The minimum absolute atomic E-state index is 0.125. The van der Waals surface area contributed by atoms with Gasteiger partial charge >= 0.3 is 11.9 Å². The summed E-state index contributed by atoms with van der Waals surface area (Å²) in [6.45, 7) is 5.76. The van der Waals surface area contributed by atoms with Gasteiger partial charge in [0.25, 0.3) is 0 Å². The maximum Gasteiger partial charge on any atom is 0.331 e. The second-order valence-corrected chi connectivity index (χ2v) is 6.47. The first kappa shape index (κ1) is 13.4. The van der Waals surface area contributed by atoms with Crippen LogP contribution in [-0.4, -0.2) is 64.6 Å². The maximum absolute atomic E-state index is 12.5. The van der Waals surface area contributed by atoms with Crippen molar-refractivity contribution in [3.8, 4) is 0 Å². The van der Waals surface area contributed by atoms with Crippen LogP contribution in [0.3, 0.4) is 0 Å². The summed E-state index contributed by atoms with van der Waals surface area (Å²) in [6, 6.07) is -0.881. The molecular weight excluding hydrogens is 264 g/mol. The third kappa shape index (κ3) is 1.52. The van der Waals surface area contributed by atoms with Gasteiger partial charge in [0.05, 0.1) is 19.7 Å². The summed E-state index contributed by atoms with van der Waals surface area (Å²) in [6.07, 6.45) is 0.178. The molecule has 0 aromatic heterocycles. The Labute approximate surface area is 116 Å². The fourth-order valence-corrected chi connectivity index (χ4v) is 3.14. The zero-order chi connectivity index (χ0) is 14.9. The van der Waals surface area contributed by atoms with Crippen LogP contribution in [0.1, 0.15) is 27.2 Å². The molecule has 3 aliphatic rings. The Kier molecular flexibility index (Phi) is 2.48. The topological polar surface area (TPSA) is 75.9 Å². The largest absolute Gasteiger partial charge is 0.467 e. The molecule has 0 bridgehead atoms. The molecule has 3 heterocycles. The molecule has 0 spiro atoms. The van der Waals surface area contributed by atoms with E-state index in [-0.39, 0.29) is 12.1 Å². The van der Waals surface area contributed by atoms with Crippen LogP contribution in [0, 0.1) is 0 Å². The van der Waals surface area contributed by atoms with Crippen LogP contribution >= 0.6 is 0 Å². The van der Waals surface area contributed by atoms with Crippen LogP contribution in [0.2, 0.25) is 0 Å². The van der Waals surface area contributed by atoms with Crippen LogP contribution in [0.4, 0.5) is 0 Å². The predicted octanol–water partition coefficient (Wildman–Crippen LogP) is -0.504. The van der Waals surface area contributed by atoms with Crippen LogP contribution in [0.25, 0.3) is 0 Å². The SMILES string of the molecule is COC(=O)[C@@H]1N2C(=O)C[C@H]2N2CC12C(=O)OC(C)(C)C. The molecule has 0 aromatic carbocycles. The van der Waals surface area contributed by atoms with Crippen LogP contribution in [-0.2, 0) is 23.9 Å². The molecule has 1 amide bonds. The number of rotatable bonds is 2. The molecule has 0 N–H and O–H groups in total. The number of hydrogen-bond donors (Lipinski definition) is 0. The highest BCUT2D eigenvalue weighted by molar-refractivity contribution is 6.01. The van der Waals surface area contributed by atoms with Crippen LogP contribution in [0.5, 0.6) is 0 Å². The van der Waals surface area contributed by atoms with Crippen LogP contribution < -0.4 is 0 Å². The Balaban J connectivity index is 1.91. The molecule has 7 nitrogen and oxygen atoms in total. The highest BCUT2D eigenvalue weighted by Gasteiger charge is 2.80. The van der Waals surface area contributed by atoms with Gasteiger partial charge in [-0.3, -0.25) is 9.69 Å². The molecular formula is C13H18N2O5. The first-order valence-corrected chi connectivity index (χ1v) is 6.61.